The van der Waals surface area contributed by atoms with Crippen LogP contribution in [0.1, 0.15) is 16.8 Å². The van der Waals surface area contributed by atoms with Crippen LogP contribution < -0.4 is 4.72 Å². The molecule has 25 heavy (non-hydrogen) atoms. The summed E-state index contributed by atoms with van der Waals surface area (Å²) >= 11 is 6.08. The molecule has 0 aliphatic carbocycles. The van der Waals surface area contributed by atoms with Gasteiger partial charge in [-0.1, -0.05) is 54.1 Å². The maximum atomic E-state index is 12.7. The van der Waals surface area contributed by atoms with Crippen LogP contribution in [0.15, 0.2) is 59.5 Å². The first-order valence-electron chi connectivity index (χ1n) is 7.71. The Bertz CT molecular complexity index is 998. The Morgan fingerprint density at radius 1 is 1.08 bits per heavy atom. The molecule has 0 radical (unpaired) electrons. The van der Waals surface area contributed by atoms with Gasteiger partial charge in [-0.2, -0.15) is 5.10 Å². The minimum Gasteiger partial charge on any atom is -0.279 e. The van der Waals surface area contributed by atoms with E-state index in [1.54, 1.807) is 20.0 Å². The van der Waals surface area contributed by atoms with Gasteiger partial charge in [-0.05, 0) is 36.6 Å². The smallest absolute Gasteiger partial charge is 0.266 e. The summed E-state index contributed by atoms with van der Waals surface area (Å²) in [6, 6.07) is 17.3. The summed E-state index contributed by atoms with van der Waals surface area (Å²) in [5.41, 5.74) is 3.03. The van der Waals surface area contributed by atoms with Crippen molar-refractivity contribution in [1.29, 1.82) is 0 Å². The van der Waals surface area contributed by atoms with E-state index >= 15 is 0 Å². The summed E-state index contributed by atoms with van der Waals surface area (Å²) in [6.07, 6.45) is 0.725. The number of benzene rings is 2. The van der Waals surface area contributed by atoms with E-state index in [9.17, 15) is 8.42 Å². The molecule has 2 aromatic carbocycles. The standard InChI is InChI=1S/C18H18ClN3O2S/c1-13-17(18(19)22(2)20-13)25(23,24)21-16-10-6-9-15(12-16)11-14-7-4-3-5-8-14/h3-10,12,21H,11H2,1-2H3. The summed E-state index contributed by atoms with van der Waals surface area (Å²) in [7, 11) is -2.20. The summed E-state index contributed by atoms with van der Waals surface area (Å²) in [5.74, 6) is 0. The molecule has 1 heterocycles. The van der Waals surface area contributed by atoms with Gasteiger partial charge in [0.1, 0.15) is 10.0 Å². The molecular formula is C18H18ClN3O2S. The number of aryl methyl sites for hydroxylation is 2. The Morgan fingerprint density at radius 3 is 2.40 bits per heavy atom. The van der Waals surface area contributed by atoms with Crippen molar-refractivity contribution in [2.45, 2.75) is 18.2 Å². The highest BCUT2D eigenvalue weighted by Crippen LogP contribution is 2.26. The topological polar surface area (TPSA) is 64.0 Å². The van der Waals surface area contributed by atoms with Crippen molar-refractivity contribution in [3.05, 3.63) is 76.6 Å². The molecule has 1 aromatic heterocycles. The highest BCUT2D eigenvalue weighted by molar-refractivity contribution is 7.92. The van der Waals surface area contributed by atoms with Crippen molar-refractivity contribution in [3.63, 3.8) is 0 Å². The number of aromatic nitrogens is 2. The molecule has 0 unspecified atom stereocenters. The van der Waals surface area contributed by atoms with E-state index in [1.165, 1.54) is 4.68 Å². The molecule has 5 nitrogen and oxygen atoms in total. The Morgan fingerprint density at radius 2 is 1.76 bits per heavy atom. The number of anilines is 1. The molecule has 3 aromatic rings. The summed E-state index contributed by atoms with van der Waals surface area (Å²) < 4.78 is 29.3. The summed E-state index contributed by atoms with van der Waals surface area (Å²) in [6.45, 7) is 1.62. The summed E-state index contributed by atoms with van der Waals surface area (Å²) in [5, 5.41) is 4.15. The van der Waals surface area contributed by atoms with Crippen molar-refractivity contribution < 1.29 is 8.42 Å². The average molecular weight is 376 g/mol. The third-order valence-corrected chi connectivity index (χ3v) is 5.88. The number of nitrogens with one attached hydrogen (secondary N) is 1. The van der Waals surface area contributed by atoms with E-state index in [-0.39, 0.29) is 10.0 Å². The third kappa shape index (κ3) is 3.86. The first-order chi connectivity index (χ1) is 11.9. The van der Waals surface area contributed by atoms with Gasteiger partial charge in [0.15, 0.2) is 0 Å². The van der Waals surface area contributed by atoms with Gasteiger partial charge in [0.2, 0.25) is 0 Å². The van der Waals surface area contributed by atoms with Gasteiger partial charge >= 0.3 is 0 Å². The number of halogens is 1. The van der Waals surface area contributed by atoms with Gasteiger partial charge in [-0.15, -0.1) is 0 Å². The number of hydrogen-bond donors (Lipinski definition) is 1. The number of rotatable bonds is 5. The van der Waals surface area contributed by atoms with Crippen LogP contribution in [0, 0.1) is 6.92 Å². The molecular weight excluding hydrogens is 358 g/mol. The molecule has 0 spiro atoms. The molecule has 1 N–H and O–H groups in total. The fraction of sp³-hybridized carbons (Fsp3) is 0.167. The molecule has 0 aliphatic heterocycles. The van der Waals surface area contributed by atoms with Crippen LogP contribution in [-0.2, 0) is 23.5 Å². The fourth-order valence-corrected chi connectivity index (χ4v) is 4.50. The fourth-order valence-electron chi connectivity index (χ4n) is 2.70. The first kappa shape index (κ1) is 17.5. The van der Waals surface area contributed by atoms with Gasteiger partial charge in [0.05, 0.1) is 5.69 Å². The van der Waals surface area contributed by atoms with Crippen LogP contribution >= 0.6 is 11.6 Å². The lowest BCUT2D eigenvalue weighted by molar-refractivity contribution is 0.600. The number of nitrogens with zero attached hydrogens (tertiary/aromatic N) is 2. The van der Waals surface area contributed by atoms with Gasteiger partial charge in [0, 0.05) is 12.7 Å². The predicted octanol–water partition coefficient (Wildman–Crippen LogP) is 3.77. The Labute approximate surface area is 152 Å². The van der Waals surface area contributed by atoms with Crippen LogP contribution in [0.5, 0.6) is 0 Å². The molecule has 0 fully saturated rings. The molecule has 0 aliphatic rings. The second-order valence-electron chi connectivity index (χ2n) is 5.80. The first-order valence-corrected chi connectivity index (χ1v) is 9.58. The van der Waals surface area contributed by atoms with E-state index in [4.69, 9.17) is 11.6 Å². The van der Waals surface area contributed by atoms with Crippen LogP contribution in [0.2, 0.25) is 5.15 Å². The predicted molar refractivity (Wildman–Crippen MR) is 99.5 cm³/mol. The molecule has 7 heteroatoms. The molecule has 0 atom stereocenters. The zero-order valence-electron chi connectivity index (χ0n) is 13.9. The minimum atomic E-state index is -3.81. The second kappa shape index (κ2) is 6.90. The minimum absolute atomic E-state index is 0.00475. The van der Waals surface area contributed by atoms with Gasteiger partial charge in [0.25, 0.3) is 10.0 Å². The maximum absolute atomic E-state index is 12.7. The Kier molecular flexibility index (Phi) is 4.83. The highest BCUT2D eigenvalue weighted by Gasteiger charge is 2.25. The van der Waals surface area contributed by atoms with E-state index in [1.807, 2.05) is 48.5 Å². The van der Waals surface area contributed by atoms with E-state index in [2.05, 4.69) is 9.82 Å². The lowest BCUT2D eigenvalue weighted by atomic mass is 10.0. The highest BCUT2D eigenvalue weighted by atomic mass is 35.5. The van der Waals surface area contributed by atoms with E-state index in [0.29, 0.717) is 11.4 Å². The van der Waals surface area contributed by atoms with Crippen LogP contribution in [-0.4, -0.2) is 18.2 Å². The molecule has 3 rings (SSSR count). The van der Waals surface area contributed by atoms with Gasteiger partial charge < -0.3 is 0 Å². The Balaban J connectivity index is 1.87. The average Bonchev–Trinajstić information content (AvgIpc) is 2.81. The van der Waals surface area contributed by atoms with Crippen LogP contribution in [0.4, 0.5) is 5.69 Å². The van der Waals surface area contributed by atoms with Crippen LogP contribution in [0.3, 0.4) is 0 Å². The lowest BCUT2D eigenvalue weighted by Gasteiger charge is -2.10. The molecule has 0 saturated carbocycles. The largest absolute Gasteiger partial charge is 0.279 e. The second-order valence-corrected chi connectivity index (χ2v) is 7.77. The van der Waals surface area contributed by atoms with E-state index in [0.717, 1.165) is 17.5 Å². The van der Waals surface area contributed by atoms with Crippen LogP contribution in [0.25, 0.3) is 0 Å². The van der Waals surface area contributed by atoms with Crippen molar-refractivity contribution in [2.24, 2.45) is 7.05 Å². The molecule has 130 valence electrons. The monoisotopic (exact) mass is 375 g/mol. The number of hydrogen-bond acceptors (Lipinski definition) is 3. The van der Waals surface area contributed by atoms with Crippen molar-refractivity contribution in [3.8, 4) is 0 Å². The lowest BCUT2D eigenvalue weighted by Crippen LogP contribution is -2.14. The normalized spacial score (nSPS) is 11.5. The zero-order chi connectivity index (χ0) is 18.0. The molecule has 0 bridgehead atoms. The van der Waals surface area contributed by atoms with Crippen molar-refractivity contribution in [1.82, 2.24) is 9.78 Å². The SMILES string of the molecule is Cc1nn(C)c(Cl)c1S(=O)(=O)Nc1cccc(Cc2ccccc2)c1. The molecule has 0 amide bonds. The zero-order valence-corrected chi connectivity index (χ0v) is 15.5. The number of sulfonamides is 1. The van der Waals surface area contributed by atoms with Gasteiger partial charge in [-0.25, -0.2) is 8.42 Å². The maximum Gasteiger partial charge on any atom is 0.266 e. The van der Waals surface area contributed by atoms with E-state index < -0.39 is 10.0 Å². The van der Waals surface area contributed by atoms with Crippen molar-refractivity contribution >= 4 is 27.3 Å². The van der Waals surface area contributed by atoms with Crippen molar-refractivity contribution in [2.75, 3.05) is 4.72 Å². The quantitative estimate of drug-likeness (QED) is 0.738. The summed E-state index contributed by atoms with van der Waals surface area (Å²) in [4.78, 5) is 0.00475. The molecule has 0 saturated heterocycles. The third-order valence-electron chi connectivity index (χ3n) is 3.80. The van der Waals surface area contributed by atoms with Gasteiger partial charge in [-0.3, -0.25) is 9.40 Å². The Hall–Kier alpha value is -2.31.